The van der Waals surface area contributed by atoms with Gasteiger partial charge in [-0.05, 0) is 18.3 Å². The minimum Gasteiger partial charge on any atom is -0.480 e. The summed E-state index contributed by atoms with van der Waals surface area (Å²) >= 11 is 0. The lowest BCUT2D eigenvalue weighted by atomic mass is 9.79. The highest BCUT2D eigenvalue weighted by Gasteiger charge is 2.32. The van der Waals surface area contributed by atoms with E-state index in [1.807, 2.05) is 0 Å². The third-order valence-electron chi connectivity index (χ3n) is 2.94. The Labute approximate surface area is 89.6 Å². The Bertz CT molecular complexity index is 247. The predicted molar refractivity (Wildman–Crippen MR) is 54.6 cm³/mol. The van der Waals surface area contributed by atoms with Gasteiger partial charge in [0.1, 0.15) is 12.4 Å². The van der Waals surface area contributed by atoms with Gasteiger partial charge in [0.05, 0.1) is 6.10 Å². The maximum atomic E-state index is 11.3. The minimum atomic E-state index is -0.976. The SMILES string of the molecule is CC(C)[C@@H]1CCC(=O)C[C@H]1OCC(=O)O. The zero-order valence-electron chi connectivity index (χ0n) is 9.23. The van der Waals surface area contributed by atoms with Crippen LogP contribution in [0.4, 0.5) is 0 Å². The highest BCUT2D eigenvalue weighted by Crippen LogP contribution is 2.30. The first kappa shape index (κ1) is 12.2. The fourth-order valence-electron chi connectivity index (χ4n) is 2.11. The normalized spacial score (nSPS) is 27.0. The average molecular weight is 214 g/mol. The molecule has 0 saturated heterocycles. The molecule has 15 heavy (non-hydrogen) atoms. The Kier molecular flexibility index (Phi) is 4.27. The number of carbonyl (C=O) groups is 2. The van der Waals surface area contributed by atoms with Crippen LogP contribution in [0, 0.1) is 11.8 Å². The second-order valence-corrected chi connectivity index (χ2v) is 4.43. The Balaban J connectivity index is 2.53. The molecular formula is C11H18O4. The molecule has 0 aromatic rings. The molecule has 1 rings (SSSR count). The van der Waals surface area contributed by atoms with Gasteiger partial charge >= 0.3 is 5.97 Å². The molecule has 0 aliphatic heterocycles. The lowest BCUT2D eigenvalue weighted by Crippen LogP contribution is -2.36. The Morgan fingerprint density at radius 2 is 2.27 bits per heavy atom. The van der Waals surface area contributed by atoms with Gasteiger partial charge in [0.2, 0.25) is 0 Å². The molecule has 0 amide bonds. The molecule has 0 bridgehead atoms. The summed E-state index contributed by atoms with van der Waals surface area (Å²) in [5, 5.41) is 8.52. The number of ether oxygens (including phenoxy) is 1. The van der Waals surface area contributed by atoms with Gasteiger partial charge in [-0.25, -0.2) is 4.79 Å². The van der Waals surface area contributed by atoms with E-state index in [0.29, 0.717) is 24.7 Å². The van der Waals surface area contributed by atoms with Crippen LogP contribution in [-0.2, 0) is 14.3 Å². The number of carboxylic acids is 1. The van der Waals surface area contributed by atoms with E-state index in [-0.39, 0.29) is 18.5 Å². The Morgan fingerprint density at radius 1 is 1.60 bits per heavy atom. The molecule has 0 aromatic heterocycles. The third-order valence-corrected chi connectivity index (χ3v) is 2.94. The molecule has 0 spiro atoms. The molecule has 4 heteroatoms. The summed E-state index contributed by atoms with van der Waals surface area (Å²) in [7, 11) is 0. The monoisotopic (exact) mass is 214 g/mol. The van der Waals surface area contributed by atoms with E-state index in [1.54, 1.807) is 0 Å². The number of aliphatic carboxylic acids is 1. The van der Waals surface area contributed by atoms with Crippen LogP contribution < -0.4 is 0 Å². The fourth-order valence-corrected chi connectivity index (χ4v) is 2.11. The first-order chi connectivity index (χ1) is 7.00. The fraction of sp³-hybridized carbons (Fsp3) is 0.818. The van der Waals surface area contributed by atoms with Crippen molar-refractivity contribution in [3.05, 3.63) is 0 Å². The minimum absolute atomic E-state index is 0.183. The van der Waals surface area contributed by atoms with Crippen molar-refractivity contribution in [3.63, 3.8) is 0 Å². The molecule has 0 aromatic carbocycles. The standard InChI is InChI=1S/C11H18O4/c1-7(2)9-4-3-8(12)5-10(9)15-6-11(13)14/h7,9-10H,3-6H2,1-2H3,(H,13,14)/t9-,10+/m0/s1. The quantitative estimate of drug-likeness (QED) is 0.770. The molecule has 1 saturated carbocycles. The summed E-state index contributed by atoms with van der Waals surface area (Å²) in [6.07, 6.45) is 1.59. The van der Waals surface area contributed by atoms with E-state index in [4.69, 9.17) is 9.84 Å². The van der Waals surface area contributed by atoms with Gasteiger partial charge in [-0.15, -0.1) is 0 Å². The van der Waals surface area contributed by atoms with Gasteiger partial charge < -0.3 is 9.84 Å². The molecule has 4 nitrogen and oxygen atoms in total. The Morgan fingerprint density at radius 3 is 2.80 bits per heavy atom. The number of ketones is 1. The lowest BCUT2D eigenvalue weighted by Gasteiger charge is -2.33. The lowest BCUT2D eigenvalue weighted by molar-refractivity contribution is -0.149. The third kappa shape index (κ3) is 3.63. The number of carboxylic acid groups (broad SMARTS) is 1. The van der Waals surface area contributed by atoms with E-state index in [0.717, 1.165) is 6.42 Å². The number of rotatable bonds is 4. The van der Waals surface area contributed by atoms with E-state index in [1.165, 1.54) is 0 Å². The summed E-state index contributed by atoms with van der Waals surface area (Å²) < 4.78 is 5.27. The summed E-state index contributed by atoms with van der Waals surface area (Å²) in [5.41, 5.74) is 0. The van der Waals surface area contributed by atoms with Crippen LogP contribution in [0.3, 0.4) is 0 Å². The average Bonchev–Trinajstić information content (AvgIpc) is 2.14. The zero-order valence-corrected chi connectivity index (χ0v) is 9.23. The van der Waals surface area contributed by atoms with Crippen molar-refractivity contribution in [2.24, 2.45) is 11.8 Å². The topological polar surface area (TPSA) is 63.6 Å². The van der Waals surface area contributed by atoms with E-state index in [9.17, 15) is 9.59 Å². The molecule has 1 N–H and O–H groups in total. The van der Waals surface area contributed by atoms with Gasteiger partial charge in [0.25, 0.3) is 0 Å². The molecule has 0 radical (unpaired) electrons. The van der Waals surface area contributed by atoms with Crippen molar-refractivity contribution in [1.82, 2.24) is 0 Å². The molecule has 0 heterocycles. The van der Waals surface area contributed by atoms with Crippen LogP contribution in [0.1, 0.15) is 33.1 Å². The van der Waals surface area contributed by atoms with Crippen LogP contribution in [0.5, 0.6) is 0 Å². The Hall–Kier alpha value is -0.900. The summed E-state index contributed by atoms with van der Waals surface area (Å²) in [5.74, 6) is -0.0586. The van der Waals surface area contributed by atoms with Gasteiger partial charge in [0, 0.05) is 12.8 Å². The number of hydrogen-bond donors (Lipinski definition) is 1. The van der Waals surface area contributed by atoms with Crippen LogP contribution in [0.25, 0.3) is 0 Å². The summed E-state index contributed by atoms with van der Waals surface area (Å²) in [6.45, 7) is 3.86. The highest BCUT2D eigenvalue weighted by atomic mass is 16.5. The first-order valence-electron chi connectivity index (χ1n) is 5.35. The summed E-state index contributed by atoms with van der Waals surface area (Å²) in [4.78, 5) is 21.6. The van der Waals surface area contributed by atoms with Crippen molar-refractivity contribution in [2.45, 2.75) is 39.2 Å². The second-order valence-electron chi connectivity index (χ2n) is 4.43. The van der Waals surface area contributed by atoms with Crippen LogP contribution in [0.2, 0.25) is 0 Å². The highest BCUT2D eigenvalue weighted by molar-refractivity contribution is 5.79. The van der Waals surface area contributed by atoms with Crippen molar-refractivity contribution in [1.29, 1.82) is 0 Å². The first-order valence-corrected chi connectivity index (χ1v) is 5.35. The molecule has 1 aliphatic carbocycles. The molecular weight excluding hydrogens is 196 g/mol. The van der Waals surface area contributed by atoms with Gasteiger partial charge in [-0.3, -0.25) is 4.79 Å². The van der Waals surface area contributed by atoms with Gasteiger partial charge in [-0.1, -0.05) is 13.8 Å². The van der Waals surface area contributed by atoms with Crippen molar-refractivity contribution >= 4 is 11.8 Å². The van der Waals surface area contributed by atoms with Crippen LogP contribution in [0.15, 0.2) is 0 Å². The number of Topliss-reactive ketones (excluding diaryl/α,β-unsaturated/α-hetero) is 1. The molecule has 1 aliphatic rings. The maximum absolute atomic E-state index is 11.3. The zero-order chi connectivity index (χ0) is 11.4. The largest absolute Gasteiger partial charge is 0.480 e. The van der Waals surface area contributed by atoms with Gasteiger partial charge in [-0.2, -0.15) is 0 Å². The molecule has 1 fully saturated rings. The molecule has 0 unspecified atom stereocenters. The maximum Gasteiger partial charge on any atom is 0.329 e. The van der Waals surface area contributed by atoms with Crippen LogP contribution >= 0.6 is 0 Å². The van der Waals surface area contributed by atoms with Crippen molar-refractivity contribution in [2.75, 3.05) is 6.61 Å². The molecule has 2 atom stereocenters. The van der Waals surface area contributed by atoms with Crippen molar-refractivity contribution in [3.8, 4) is 0 Å². The number of carbonyl (C=O) groups excluding carboxylic acids is 1. The van der Waals surface area contributed by atoms with Crippen molar-refractivity contribution < 1.29 is 19.4 Å². The van der Waals surface area contributed by atoms with Gasteiger partial charge in [0.15, 0.2) is 0 Å². The van der Waals surface area contributed by atoms with E-state index < -0.39 is 5.97 Å². The van der Waals surface area contributed by atoms with E-state index in [2.05, 4.69) is 13.8 Å². The van der Waals surface area contributed by atoms with Crippen LogP contribution in [-0.4, -0.2) is 29.6 Å². The predicted octanol–water partition coefficient (Wildman–Crippen LogP) is 1.48. The smallest absolute Gasteiger partial charge is 0.329 e. The number of hydrogen-bond acceptors (Lipinski definition) is 3. The van der Waals surface area contributed by atoms with E-state index >= 15 is 0 Å². The summed E-state index contributed by atoms with van der Waals surface area (Å²) in [6, 6.07) is 0. The molecule has 86 valence electrons. The second kappa shape index (κ2) is 5.26.